The molecule has 1 aromatic carbocycles. The number of benzene rings is 1. The number of unbranched alkanes of at least 4 members (excludes halogenated alkanes) is 1. The molecule has 0 fully saturated rings. The number of halogens is 3. The second kappa shape index (κ2) is 10.8. The summed E-state index contributed by atoms with van der Waals surface area (Å²) in [7, 11) is 0. The van der Waals surface area contributed by atoms with Crippen molar-refractivity contribution in [3.63, 3.8) is 0 Å². The van der Waals surface area contributed by atoms with E-state index >= 15 is 0 Å². The van der Waals surface area contributed by atoms with Gasteiger partial charge in [-0.05, 0) is 0 Å². The summed E-state index contributed by atoms with van der Waals surface area (Å²) in [4.78, 5) is 0. The van der Waals surface area contributed by atoms with Crippen LogP contribution in [0.15, 0.2) is 24.3 Å². The van der Waals surface area contributed by atoms with Gasteiger partial charge in [0.05, 0.1) is 0 Å². The van der Waals surface area contributed by atoms with Crippen molar-refractivity contribution < 1.29 is 40.3 Å². The molecular formula is C13H15F3Zr. The largest absolute Gasteiger partial charge is 4.00 e. The molecule has 0 aliphatic heterocycles. The SMILES string of the molecule is CCCCC1[C-]=Cc2ccccc21.[F-].[F-].[F-].[Zr+4]. The molecule has 0 N–H and O–H groups in total. The first kappa shape index (κ1) is 21.9. The Morgan fingerprint density at radius 1 is 1.12 bits per heavy atom. The smallest absolute Gasteiger partial charge is 1.00 e. The van der Waals surface area contributed by atoms with Gasteiger partial charge in [0.2, 0.25) is 0 Å². The van der Waals surface area contributed by atoms with E-state index in [0.29, 0.717) is 5.92 Å². The molecule has 4 heteroatoms. The first-order valence-corrected chi connectivity index (χ1v) is 5.10. The van der Waals surface area contributed by atoms with Crippen molar-refractivity contribution in [2.45, 2.75) is 32.1 Å². The van der Waals surface area contributed by atoms with E-state index in [1.54, 1.807) is 0 Å². The van der Waals surface area contributed by atoms with Crippen LogP contribution in [-0.4, -0.2) is 0 Å². The van der Waals surface area contributed by atoms with Crippen molar-refractivity contribution >= 4 is 6.08 Å². The maximum atomic E-state index is 3.43. The van der Waals surface area contributed by atoms with Crippen molar-refractivity contribution in [2.24, 2.45) is 0 Å². The van der Waals surface area contributed by atoms with Gasteiger partial charge < -0.3 is 14.1 Å². The topological polar surface area (TPSA) is 0 Å². The van der Waals surface area contributed by atoms with E-state index in [-0.39, 0.29) is 40.3 Å². The third kappa shape index (κ3) is 5.20. The van der Waals surface area contributed by atoms with Crippen molar-refractivity contribution in [3.8, 4) is 0 Å². The van der Waals surface area contributed by atoms with Gasteiger partial charge >= 0.3 is 26.2 Å². The van der Waals surface area contributed by atoms with Gasteiger partial charge in [-0.15, -0.1) is 11.6 Å². The summed E-state index contributed by atoms with van der Waals surface area (Å²) in [5.41, 5.74) is 2.83. The molecule has 2 rings (SSSR count). The normalized spacial score (nSPS) is 14.5. The fourth-order valence-corrected chi connectivity index (χ4v) is 1.89. The summed E-state index contributed by atoms with van der Waals surface area (Å²) >= 11 is 0. The van der Waals surface area contributed by atoms with Gasteiger partial charge in [-0.1, -0.05) is 50.3 Å². The average molecular weight is 319 g/mol. The number of hydrogen-bond donors (Lipinski definition) is 0. The van der Waals surface area contributed by atoms with Gasteiger partial charge in [0.1, 0.15) is 0 Å². The molecule has 1 atom stereocenters. The minimum Gasteiger partial charge on any atom is -1.00 e. The molecule has 0 saturated heterocycles. The maximum absolute atomic E-state index is 3.43. The van der Waals surface area contributed by atoms with E-state index < -0.39 is 0 Å². The molecule has 0 radical (unpaired) electrons. The van der Waals surface area contributed by atoms with E-state index in [2.05, 4.69) is 43.3 Å². The van der Waals surface area contributed by atoms with Gasteiger partial charge in [-0.3, -0.25) is 6.08 Å². The van der Waals surface area contributed by atoms with Crippen LogP contribution >= 0.6 is 0 Å². The Morgan fingerprint density at radius 2 is 1.76 bits per heavy atom. The molecule has 0 spiro atoms. The Balaban J connectivity index is -0.000000490. The van der Waals surface area contributed by atoms with Crippen LogP contribution in [0.5, 0.6) is 0 Å². The van der Waals surface area contributed by atoms with Crippen LogP contribution in [0.2, 0.25) is 0 Å². The van der Waals surface area contributed by atoms with Crippen LogP contribution in [0.3, 0.4) is 0 Å². The van der Waals surface area contributed by atoms with Crippen LogP contribution in [0.1, 0.15) is 43.2 Å². The molecule has 1 aliphatic carbocycles. The van der Waals surface area contributed by atoms with Gasteiger partial charge in [0, 0.05) is 0 Å². The number of fused-ring (bicyclic) bond motifs is 1. The minimum atomic E-state index is 0. The van der Waals surface area contributed by atoms with Crippen LogP contribution in [-0.2, 0) is 26.2 Å². The summed E-state index contributed by atoms with van der Waals surface area (Å²) in [5.74, 6) is 0.566. The van der Waals surface area contributed by atoms with E-state index in [0.717, 1.165) is 0 Å². The molecule has 0 amide bonds. The molecule has 0 nitrogen and oxygen atoms in total. The van der Waals surface area contributed by atoms with Crippen molar-refractivity contribution in [2.75, 3.05) is 0 Å². The van der Waals surface area contributed by atoms with Crippen LogP contribution in [0.25, 0.3) is 6.08 Å². The summed E-state index contributed by atoms with van der Waals surface area (Å²) in [5, 5.41) is 0. The Hall–Kier alpha value is -0.367. The molecule has 1 unspecified atom stereocenters. The quantitative estimate of drug-likeness (QED) is 0.489. The minimum absolute atomic E-state index is 0. The molecule has 0 saturated carbocycles. The van der Waals surface area contributed by atoms with Crippen LogP contribution in [0.4, 0.5) is 0 Å². The molecular weight excluding hydrogens is 304 g/mol. The zero-order valence-electron chi connectivity index (χ0n) is 9.72. The van der Waals surface area contributed by atoms with Crippen molar-refractivity contribution in [3.05, 3.63) is 41.5 Å². The summed E-state index contributed by atoms with van der Waals surface area (Å²) in [6.45, 7) is 2.24. The Morgan fingerprint density at radius 3 is 2.41 bits per heavy atom. The van der Waals surface area contributed by atoms with E-state index in [4.69, 9.17) is 0 Å². The predicted octanol–water partition coefficient (Wildman–Crippen LogP) is -5.20. The van der Waals surface area contributed by atoms with E-state index in [9.17, 15) is 0 Å². The van der Waals surface area contributed by atoms with E-state index in [1.165, 1.54) is 30.4 Å². The molecule has 0 heterocycles. The zero-order valence-corrected chi connectivity index (χ0v) is 12.2. The number of allylic oxidation sites excluding steroid dienone is 1. The number of rotatable bonds is 3. The third-order valence-corrected chi connectivity index (χ3v) is 2.66. The Kier molecular flexibility index (Phi) is 13.9. The van der Waals surface area contributed by atoms with Gasteiger partial charge in [-0.25, -0.2) is 6.08 Å². The van der Waals surface area contributed by atoms with Gasteiger partial charge in [0.15, 0.2) is 0 Å². The fourth-order valence-electron chi connectivity index (χ4n) is 1.89. The van der Waals surface area contributed by atoms with Crippen molar-refractivity contribution in [1.29, 1.82) is 0 Å². The second-order valence-corrected chi connectivity index (χ2v) is 3.63. The summed E-state index contributed by atoms with van der Waals surface area (Å²) in [6, 6.07) is 8.62. The zero-order chi connectivity index (χ0) is 9.10. The molecule has 1 aromatic rings. The average Bonchev–Trinajstić information content (AvgIpc) is 2.58. The molecule has 17 heavy (non-hydrogen) atoms. The van der Waals surface area contributed by atoms with Crippen molar-refractivity contribution in [1.82, 2.24) is 0 Å². The fraction of sp³-hybridized carbons (Fsp3) is 0.385. The Bertz CT molecular complexity index is 326. The molecule has 0 aromatic heterocycles. The first-order valence-electron chi connectivity index (χ1n) is 5.10. The monoisotopic (exact) mass is 318 g/mol. The summed E-state index contributed by atoms with van der Waals surface area (Å²) in [6.07, 6.45) is 9.40. The Labute approximate surface area is 120 Å². The third-order valence-electron chi connectivity index (χ3n) is 2.66. The maximum Gasteiger partial charge on any atom is 4.00 e. The molecule has 1 aliphatic rings. The first-order chi connectivity index (χ1) is 6.42. The standard InChI is InChI=1S/C13H15.3FH.Zr/c1-2-3-6-11-9-10-12-7-4-5-8-13(11)12;;;;/h4-5,7-8,10-11H,2-3,6H2,1H3;3*1H;/q-1;;;;+4/p-3. The molecule has 92 valence electrons. The van der Waals surface area contributed by atoms with Crippen LogP contribution < -0.4 is 14.1 Å². The summed E-state index contributed by atoms with van der Waals surface area (Å²) < 4.78 is 0. The number of hydrogen-bond acceptors (Lipinski definition) is 0. The van der Waals surface area contributed by atoms with Gasteiger partial charge in [0.25, 0.3) is 0 Å². The molecule has 0 bridgehead atoms. The second-order valence-electron chi connectivity index (χ2n) is 3.63. The van der Waals surface area contributed by atoms with E-state index in [1.807, 2.05) is 0 Å². The predicted molar refractivity (Wildman–Crippen MR) is 56.4 cm³/mol. The van der Waals surface area contributed by atoms with Gasteiger partial charge in [-0.2, -0.15) is 5.56 Å². The van der Waals surface area contributed by atoms with Crippen LogP contribution in [0, 0.1) is 6.08 Å².